The van der Waals surface area contributed by atoms with Gasteiger partial charge in [0.25, 0.3) is 0 Å². The number of fused-ring (bicyclic) bond motifs is 1. The summed E-state index contributed by atoms with van der Waals surface area (Å²) in [6, 6.07) is 9.69. The number of hydrogen-bond donors (Lipinski definition) is 2. The number of aliphatic hydroxyl groups excluding tert-OH is 1. The van der Waals surface area contributed by atoms with E-state index < -0.39 is 23.3 Å². The molecule has 2 heterocycles. The molecule has 0 saturated carbocycles. The van der Waals surface area contributed by atoms with Gasteiger partial charge in [0.05, 0.1) is 41.3 Å². The Morgan fingerprint density at radius 1 is 1.24 bits per heavy atom. The Labute approximate surface area is 225 Å². The van der Waals surface area contributed by atoms with Gasteiger partial charge < -0.3 is 14.9 Å². The van der Waals surface area contributed by atoms with Gasteiger partial charge in [-0.05, 0) is 62.1 Å². The van der Waals surface area contributed by atoms with Crippen LogP contribution in [0.25, 0.3) is 10.9 Å². The maximum atomic E-state index is 13.9. The smallest absolute Gasteiger partial charge is 0.309 e. The zero-order valence-corrected chi connectivity index (χ0v) is 21.8. The van der Waals surface area contributed by atoms with E-state index >= 15 is 0 Å². The summed E-state index contributed by atoms with van der Waals surface area (Å²) in [6.45, 7) is 1.48. The maximum absolute atomic E-state index is 13.9. The molecule has 3 aromatic rings. The van der Waals surface area contributed by atoms with E-state index in [0.717, 1.165) is 0 Å². The number of likely N-dealkylation sites (tertiary alicyclic amines) is 1. The molecule has 4 rings (SSSR count). The number of rotatable bonds is 7. The maximum Gasteiger partial charge on any atom is 0.309 e. The predicted octanol–water partition coefficient (Wildman–Crippen LogP) is 5.72. The molecule has 6 nitrogen and oxygen atoms in total. The van der Waals surface area contributed by atoms with Crippen LogP contribution in [0.1, 0.15) is 42.9 Å². The van der Waals surface area contributed by atoms with Gasteiger partial charge in [-0.25, -0.2) is 4.39 Å². The highest BCUT2D eigenvalue weighted by Gasteiger charge is 2.41. The predicted molar refractivity (Wildman–Crippen MR) is 142 cm³/mol. The van der Waals surface area contributed by atoms with Crippen molar-refractivity contribution in [2.75, 3.05) is 26.7 Å². The van der Waals surface area contributed by atoms with Crippen LogP contribution in [-0.4, -0.2) is 52.8 Å². The van der Waals surface area contributed by atoms with Gasteiger partial charge in [-0.2, -0.15) is 0 Å². The first-order chi connectivity index (χ1) is 17.7. The number of pyridine rings is 1. The minimum atomic E-state index is -0.959. The number of aromatic nitrogens is 1. The fourth-order valence-corrected chi connectivity index (χ4v) is 5.17. The number of piperidine rings is 1. The van der Waals surface area contributed by atoms with Gasteiger partial charge in [0.15, 0.2) is 0 Å². The fraction of sp³-hybridized carbons (Fsp3) is 0.357. The highest BCUT2D eigenvalue weighted by atomic mass is 35.5. The average Bonchev–Trinajstić information content (AvgIpc) is 2.88. The van der Waals surface area contributed by atoms with Gasteiger partial charge in [0.2, 0.25) is 0 Å². The van der Waals surface area contributed by atoms with Gasteiger partial charge in [-0.15, -0.1) is 0 Å². The van der Waals surface area contributed by atoms with Crippen LogP contribution < -0.4 is 4.74 Å². The summed E-state index contributed by atoms with van der Waals surface area (Å²) in [4.78, 5) is 18.7. The SMILES string of the molecule is COc1ccc2ncc(Cl)c([C@H](O)CCC3(C(=O)O)CCN(CC#Cc4ccc(Cl)cc4F)CC3)c2c1. The fourth-order valence-electron chi connectivity index (χ4n) is 4.74. The average molecular weight is 545 g/mol. The minimum absolute atomic E-state index is 0.234. The van der Waals surface area contributed by atoms with E-state index in [4.69, 9.17) is 27.9 Å². The van der Waals surface area contributed by atoms with Gasteiger partial charge in [-0.1, -0.05) is 35.0 Å². The first-order valence-corrected chi connectivity index (χ1v) is 12.7. The Morgan fingerprint density at radius 2 is 2.00 bits per heavy atom. The van der Waals surface area contributed by atoms with E-state index in [1.54, 1.807) is 31.4 Å². The number of methoxy groups -OCH3 is 1. The summed E-state index contributed by atoms with van der Waals surface area (Å²) in [7, 11) is 1.56. The summed E-state index contributed by atoms with van der Waals surface area (Å²) >= 11 is 12.2. The lowest BCUT2D eigenvalue weighted by atomic mass is 9.74. The molecule has 0 aliphatic carbocycles. The molecule has 1 atom stereocenters. The van der Waals surface area contributed by atoms with Crippen LogP contribution in [0, 0.1) is 23.1 Å². The second kappa shape index (κ2) is 11.7. The largest absolute Gasteiger partial charge is 0.497 e. The number of aliphatic carboxylic acids is 1. The molecule has 9 heteroatoms. The van der Waals surface area contributed by atoms with Crippen LogP contribution in [-0.2, 0) is 4.79 Å². The summed E-state index contributed by atoms with van der Waals surface area (Å²) in [6.07, 6.45) is 1.91. The number of benzene rings is 2. The van der Waals surface area contributed by atoms with Crippen molar-refractivity contribution >= 4 is 40.1 Å². The number of ether oxygens (including phenoxy) is 1. The summed E-state index contributed by atoms with van der Waals surface area (Å²) in [5, 5.41) is 22.5. The van der Waals surface area contributed by atoms with Crippen molar-refractivity contribution in [1.82, 2.24) is 9.88 Å². The van der Waals surface area contributed by atoms with E-state index in [1.807, 2.05) is 0 Å². The number of hydrogen-bond acceptors (Lipinski definition) is 5. The van der Waals surface area contributed by atoms with Crippen LogP contribution in [0.4, 0.5) is 4.39 Å². The molecule has 0 spiro atoms. The summed E-state index contributed by atoms with van der Waals surface area (Å²) < 4.78 is 19.2. The van der Waals surface area contributed by atoms with Crippen LogP contribution >= 0.6 is 23.2 Å². The molecule has 0 radical (unpaired) electrons. The molecular weight excluding hydrogens is 518 g/mol. The van der Waals surface area contributed by atoms with Crippen molar-refractivity contribution in [2.45, 2.75) is 31.8 Å². The molecule has 1 aromatic heterocycles. The second-order valence-electron chi connectivity index (χ2n) is 9.24. The monoisotopic (exact) mass is 544 g/mol. The van der Waals surface area contributed by atoms with Gasteiger partial charge in [0.1, 0.15) is 11.6 Å². The van der Waals surface area contributed by atoms with Crippen LogP contribution in [0.2, 0.25) is 10.0 Å². The quantitative estimate of drug-likeness (QED) is 0.370. The molecule has 1 aliphatic rings. The van der Waals surface area contributed by atoms with E-state index in [1.165, 1.54) is 18.3 Å². The number of halogens is 3. The molecule has 1 fully saturated rings. The minimum Gasteiger partial charge on any atom is -0.497 e. The van der Waals surface area contributed by atoms with Crippen molar-refractivity contribution in [3.8, 4) is 17.6 Å². The molecule has 1 saturated heterocycles. The van der Waals surface area contributed by atoms with Crippen LogP contribution in [0.15, 0.2) is 42.6 Å². The van der Waals surface area contributed by atoms with Gasteiger partial charge in [-0.3, -0.25) is 14.7 Å². The molecule has 2 N–H and O–H groups in total. The zero-order chi connectivity index (χ0) is 26.6. The Hall–Kier alpha value is -2.89. The van der Waals surface area contributed by atoms with Crippen molar-refractivity contribution in [2.24, 2.45) is 5.41 Å². The highest BCUT2D eigenvalue weighted by molar-refractivity contribution is 6.32. The lowest BCUT2D eigenvalue weighted by Gasteiger charge is -2.38. The van der Waals surface area contributed by atoms with Crippen molar-refractivity contribution in [3.63, 3.8) is 0 Å². The van der Waals surface area contributed by atoms with E-state index in [2.05, 4.69) is 21.7 Å². The van der Waals surface area contributed by atoms with Crippen molar-refractivity contribution in [1.29, 1.82) is 0 Å². The van der Waals surface area contributed by atoms with Crippen molar-refractivity contribution < 1.29 is 24.1 Å². The Morgan fingerprint density at radius 3 is 2.68 bits per heavy atom. The number of carboxylic acids is 1. The number of carbonyl (C=O) groups is 1. The van der Waals surface area contributed by atoms with Crippen LogP contribution in [0.3, 0.4) is 0 Å². The third kappa shape index (κ3) is 6.16. The third-order valence-electron chi connectivity index (χ3n) is 7.02. The zero-order valence-electron chi connectivity index (χ0n) is 20.3. The molecule has 37 heavy (non-hydrogen) atoms. The van der Waals surface area contributed by atoms with E-state index in [-0.39, 0.29) is 12.0 Å². The third-order valence-corrected chi connectivity index (χ3v) is 7.56. The molecule has 0 unspecified atom stereocenters. The second-order valence-corrected chi connectivity index (χ2v) is 10.1. The molecule has 1 aliphatic heterocycles. The highest BCUT2D eigenvalue weighted by Crippen LogP contribution is 2.41. The van der Waals surface area contributed by atoms with E-state index in [9.17, 15) is 19.4 Å². The molecule has 2 aromatic carbocycles. The summed E-state index contributed by atoms with van der Waals surface area (Å²) in [5.74, 6) is 5.05. The van der Waals surface area contributed by atoms with Crippen molar-refractivity contribution in [3.05, 3.63) is 69.6 Å². The first-order valence-electron chi connectivity index (χ1n) is 11.9. The number of nitrogens with zero attached hydrogens (tertiary/aromatic N) is 2. The first kappa shape index (κ1) is 27.2. The Bertz CT molecular complexity index is 1360. The molecule has 0 amide bonds. The standard InChI is InChI=1S/C28H27Cl2FN2O4/c1-37-20-6-7-24-21(16-20)26(22(30)17-32-24)25(34)8-9-28(27(35)36)10-13-33(14-11-28)12-2-3-18-4-5-19(29)15-23(18)31/h4-7,15-17,25,34H,8-14H2,1H3,(H,35,36)/t25-/m1/s1. The van der Waals surface area contributed by atoms with E-state index in [0.29, 0.717) is 71.2 Å². The lowest BCUT2D eigenvalue weighted by Crippen LogP contribution is -2.44. The normalized spacial score (nSPS) is 16.1. The summed E-state index contributed by atoms with van der Waals surface area (Å²) in [5.41, 5.74) is 0.503. The lowest BCUT2D eigenvalue weighted by molar-refractivity contribution is -0.153. The van der Waals surface area contributed by atoms with Crippen LogP contribution in [0.5, 0.6) is 5.75 Å². The molecule has 0 bridgehead atoms. The Balaban J connectivity index is 1.41. The van der Waals surface area contributed by atoms with Gasteiger partial charge >= 0.3 is 5.97 Å². The molecule has 194 valence electrons. The number of aliphatic hydroxyl groups is 1. The molecular formula is C28H27Cl2FN2O4. The van der Waals surface area contributed by atoms with Gasteiger partial charge in [0, 0.05) is 35.3 Å². The Kier molecular flexibility index (Phi) is 8.56. The topological polar surface area (TPSA) is 82.9 Å². The number of carboxylic acid groups (broad SMARTS) is 1.